The van der Waals surface area contributed by atoms with Crippen LogP contribution in [0.5, 0.6) is 0 Å². The molecular formula is C13H18N2O3S. The summed E-state index contributed by atoms with van der Waals surface area (Å²) in [5.74, 6) is 0.155. The molecule has 2 rings (SSSR count). The van der Waals surface area contributed by atoms with Gasteiger partial charge in [0.1, 0.15) is 4.90 Å². The summed E-state index contributed by atoms with van der Waals surface area (Å²) in [7, 11) is -3.51. The highest BCUT2D eigenvalue weighted by atomic mass is 32.2. The van der Waals surface area contributed by atoms with E-state index in [4.69, 9.17) is 0 Å². The van der Waals surface area contributed by atoms with Crippen LogP contribution in [0.4, 0.5) is 5.69 Å². The fourth-order valence-corrected chi connectivity index (χ4v) is 3.52. The van der Waals surface area contributed by atoms with Crippen molar-refractivity contribution in [2.75, 3.05) is 24.5 Å². The van der Waals surface area contributed by atoms with Gasteiger partial charge in [0.25, 0.3) is 0 Å². The third-order valence-corrected chi connectivity index (χ3v) is 4.67. The maximum atomic E-state index is 12.2. The van der Waals surface area contributed by atoms with Crippen molar-refractivity contribution in [3.05, 3.63) is 24.3 Å². The lowest BCUT2D eigenvalue weighted by Crippen LogP contribution is -2.37. The van der Waals surface area contributed by atoms with Crippen LogP contribution < -0.4 is 9.62 Å². The number of sulfonamides is 1. The molecular weight excluding hydrogens is 264 g/mol. The first-order valence-electron chi connectivity index (χ1n) is 6.40. The minimum Gasteiger partial charge on any atom is -0.363 e. The van der Waals surface area contributed by atoms with Gasteiger partial charge < -0.3 is 4.90 Å². The summed E-state index contributed by atoms with van der Waals surface area (Å²) >= 11 is 0. The van der Waals surface area contributed by atoms with Crippen molar-refractivity contribution in [3.8, 4) is 0 Å². The van der Waals surface area contributed by atoms with Crippen LogP contribution in [0.25, 0.3) is 0 Å². The van der Waals surface area contributed by atoms with Crippen LogP contribution in [0, 0.1) is 0 Å². The van der Waals surface area contributed by atoms with Crippen molar-refractivity contribution in [2.24, 2.45) is 0 Å². The molecule has 0 unspecified atom stereocenters. The number of rotatable bonds is 4. The summed E-state index contributed by atoms with van der Waals surface area (Å²) in [6.07, 6.45) is 1.35. The number of ketones is 1. The molecule has 1 aliphatic rings. The Hall–Kier alpha value is -1.40. The Kier molecular flexibility index (Phi) is 4.21. The first kappa shape index (κ1) is 14.0. The molecule has 6 heteroatoms. The molecule has 0 radical (unpaired) electrons. The number of anilines is 1. The average Bonchev–Trinajstić information content (AvgIpc) is 2.39. The summed E-state index contributed by atoms with van der Waals surface area (Å²) in [5, 5.41) is 0. The van der Waals surface area contributed by atoms with Gasteiger partial charge in [-0.05, 0) is 18.6 Å². The van der Waals surface area contributed by atoms with Crippen molar-refractivity contribution >= 4 is 21.5 Å². The summed E-state index contributed by atoms with van der Waals surface area (Å²) in [4.78, 5) is 13.6. The van der Waals surface area contributed by atoms with E-state index >= 15 is 0 Å². The lowest BCUT2D eigenvalue weighted by Gasteiger charge is -2.29. The highest BCUT2D eigenvalue weighted by Crippen LogP contribution is 2.26. The zero-order chi connectivity index (χ0) is 13.9. The molecule has 0 aromatic heterocycles. The fourth-order valence-electron chi connectivity index (χ4n) is 2.26. The minimum absolute atomic E-state index is 0.155. The highest BCUT2D eigenvalue weighted by molar-refractivity contribution is 7.89. The van der Waals surface area contributed by atoms with Gasteiger partial charge in [-0.2, -0.15) is 0 Å². The van der Waals surface area contributed by atoms with E-state index in [1.165, 1.54) is 0 Å². The zero-order valence-electron chi connectivity index (χ0n) is 10.9. The largest absolute Gasteiger partial charge is 0.363 e. The van der Waals surface area contributed by atoms with Gasteiger partial charge >= 0.3 is 0 Å². The van der Waals surface area contributed by atoms with Crippen molar-refractivity contribution < 1.29 is 13.2 Å². The Morgan fingerprint density at radius 1 is 1.32 bits per heavy atom. The molecule has 104 valence electrons. The first-order chi connectivity index (χ1) is 9.04. The number of hydrogen-bond donors (Lipinski definition) is 1. The van der Waals surface area contributed by atoms with Gasteiger partial charge in [-0.25, -0.2) is 13.1 Å². The zero-order valence-corrected chi connectivity index (χ0v) is 11.7. The topological polar surface area (TPSA) is 66.5 Å². The number of carbonyl (C=O) groups is 1. The number of nitrogens with zero attached hydrogens (tertiary/aromatic N) is 1. The first-order valence-corrected chi connectivity index (χ1v) is 7.88. The summed E-state index contributed by atoms with van der Waals surface area (Å²) < 4.78 is 26.8. The van der Waals surface area contributed by atoms with Crippen LogP contribution in [0.2, 0.25) is 0 Å². The highest BCUT2D eigenvalue weighted by Gasteiger charge is 2.24. The van der Waals surface area contributed by atoms with Gasteiger partial charge in [0.15, 0.2) is 5.78 Å². The molecule has 1 aliphatic heterocycles. The fraction of sp³-hybridized carbons (Fsp3) is 0.462. The van der Waals surface area contributed by atoms with Gasteiger partial charge in [-0.15, -0.1) is 0 Å². The molecule has 0 spiro atoms. The Labute approximate surface area is 113 Å². The van der Waals surface area contributed by atoms with E-state index in [1.807, 2.05) is 4.90 Å². The van der Waals surface area contributed by atoms with Crippen molar-refractivity contribution in [1.29, 1.82) is 0 Å². The quantitative estimate of drug-likeness (QED) is 0.899. The predicted molar refractivity (Wildman–Crippen MR) is 73.8 cm³/mol. The number of benzene rings is 1. The third-order valence-electron chi connectivity index (χ3n) is 3.08. The van der Waals surface area contributed by atoms with E-state index in [0.29, 0.717) is 31.7 Å². The van der Waals surface area contributed by atoms with Crippen LogP contribution in [0.1, 0.15) is 19.8 Å². The Balaban J connectivity index is 2.38. The predicted octanol–water partition coefficient (Wildman–Crippen LogP) is 1.15. The van der Waals surface area contributed by atoms with Crippen molar-refractivity contribution in [3.63, 3.8) is 0 Å². The van der Waals surface area contributed by atoms with Crippen molar-refractivity contribution in [1.82, 2.24) is 4.72 Å². The average molecular weight is 282 g/mol. The van der Waals surface area contributed by atoms with Gasteiger partial charge in [-0.3, -0.25) is 4.79 Å². The Bertz CT molecular complexity index is 569. The van der Waals surface area contributed by atoms with Gasteiger partial charge in [0.2, 0.25) is 10.0 Å². The molecule has 0 amide bonds. The SMILES string of the molecule is CCNS(=O)(=O)c1ccccc1N1CCCC(=O)C1. The number of hydrogen-bond acceptors (Lipinski definition) is 4. The second-order valence-electron chi connectivity index (χ2n) is 4.53. The maximum absolute atomic E-state index is 12.2. The molecule has 5 nitrogen and oxygen atoms in total. The molecule has 1 heterocycles. The normalized spacial score (nSPS) is 16.7. The Morgan fingerprint density at radius 2 is 2.05 bits per heavy atom. The molecule has 1 saturated heterocycles. The lowest BCUT2D eigenvalue weighted by molar-refractivity contribution is -0.118. The second-order valence-corrected chi connectivity index (χ2v) is 6.27. The van der Waals surface area contributed by atoms with Crippen LogP contribution >= 0.6 is 0 Å². The minimum atomic E-state index is -3.51. The van der Waals surface area contributed by atoms with Crippen LogP contribution in [-0.2, 0) is 14.8 Å². The van der Waals surface area contributed by atoms with E-state index < -0.39 is 10.0 Å². The molecule has 1 fully saturated rings. The molecule has 0 saturated carbocycles. The van der Waals surface area contributed by atoms with Crippen molar-refractivity contribution in [2.45, 2.75) is 24.7 Å². The molecule has 1 N–H and O–H groups in total. The van der Waals surface area contributed by atoms with Gasteiger partial charge in [0, 0.05) is 19.5 Å². The summed E-state index contributed by atoms with van der Waals surface area (Å²) in [6, 6.07) is 6.81. The van der Waals surface area contributed by atoms with E-state index in [1.54, 1.807) is 31.2 Å². The summed E-state index contributed by atoms with van der Waals surface area (Å²) in [5.41, 5.74) is 0.608. The molecule has 0 bridgehead atoms. The van der Waals surface area contributed by atoms with E-state index in [-0.39, 0.29) is 10.7 Å². The van der Waals surface area contributed by atoms with Crippen LogP contribution in [0.15, 0.2) is 29.2 Å². The third kappa shape index (κ3) is 3.13. The van der Waals surface area contributed by atoms with E-state index in [9.17, 15) is 13.2 Å². The standard InChI is InChI=1S/C13H18N2O3S/c1-2-14-19(17,18)13-8-4-3-7-12(13)15-9-5-6-11(16)10-15/h3-4,7-8,14H,2,5-6,9-10H2,1H3. The van der Waals surface area contributed by atoms with Crippen LogP contribution in [-0.4, -0.2) is 33.8 Å². The molecule has 19 heavy (non-hydrogen) atoms. The number of carbonyl (C=O) groups excluding carboxylic acids is 1. The summed E-state index contributed by atoms with van der Waals surface area (Å²) in [6.45, 7) is 3.09. The van der Waals surface area contributed by atoms with Crippen LogP contribution in [0.3, 0.4) is 0 Å². The molecule has 1 aromatic rings. The number of Topliss-reactive ketones (excluding diaryl/α,β-unsaturated/α-hetero) is 1. The second kappa shape index (κ2) is 5.71. The van der Waals surface area contributed by atoms with Gasteiger partial charge in [-0.1, -0.05) is 19.1 Å². The number of para-hydroxylation sites is 1. The molecule has 1 aromatic carbocycles. The smallest absolute Gasteiger partial charge is 0.242 e. The maximum Gasteiger partial charge on any atom is 0.242 e. The van der Waals surface area contributed by atoms with E-state index in [0.717, 1.165) is 6.42 Å². The van der Waals surface area contributed by atoms with E-state index in [2.05, 4.69) is 4.72 Å². The monoisotopic (exact) mass is 282 g/mol. The Morgan fingerprint density at radius 3 is 2.74 bits per heavy atom. The van der Waals surface area contributed by atoms with Gasteiger partial charge in [0.05, 0.1) is 12.2 Å². The lowest BCUT2D eigenvalue weighted by atomic mass is 10.1. The molecule has 0 aliphatic carbocycles. The number of nitrogens with one attached hydrogen (secondary N) is 1. The number of piperidine rings is 1. The molecule has 0 atom stereocenters.